The molecule has 0 aliphatic rings. The van der Waals surface area contributed by atoms with Crippen LogP contribution in [0.5, 0.6) is 0 Å². The van der Waals surface area contributed by atoms with Gasteiger partial charge < -0.3 is 9.47 Å². The molecule has 0 spiro atoms. The Hall–Kier alpha value is -2.50. The van der Waals surface area contributed by atoms with Gasteiger partial charge in [0.15, 0.2) is 0 Å². The molecule has 3 rings (SSSR count). The summed E-state index contributed by atoms with van der Waals surface area (Å²) >= 11 is 1.54. The van der Waals surface area contributed by atoms with E-state index in [0.717, 1.165) is 21.8 Å². The van der Waals surface area contributed by atoms with Gasteiger partial charge in [-0.25, -0.2) is 9.78 Å². The monoisotopic (exact) mass is 339 g/mol. The lowest BCUT2D eigenvalue weighted by atomic mass is 10.1. The van der Waals surface area contributed by atoms with Crippen molar-refractivity contribution in [2.75, 3.05) is 7.11 Å². The third-order valence-corrected chi connectivity index (χ3v) is 4.36. The molecule has 0 unspecified atom stereocenters. The van der Waals surface area contributed by atoms with Crippen LogP contribution in [0.1, 0.15) is 21.6 Å². The summed E-state index contributed by atoms with van der Waals surface area (Å²) in [7, 11) is 1.64. The summed E-state index contributed by atoms with van der Waals surface area (Å²) in [5, 5.41) is 2.84. The molecule has 0 atom stereocenters. The second-order valence-corrected chi connectivity index (χ2v) is 6.07. The number of carbonyl (C=O) groups is 1. The molecule has 2 aromatic carbocycles. The fourth-order valence-corrected chi connectivity index (χ4v) is 3.02. The standard InChI is InChI=1S/C19H17NO3S/c1-22-11-14-7-9-16(10-8-14)19(21)23-12-17-13-24-18(20-17)15-5-3-2-4-6-15/h2-10,13H,11-12H2,1H3. The number of nitrogens with zero attached hydrogens (tertiary/aromatic N) is 1. The van der Waals surface area contributed by atoms with Crippen molar-refractivity contribution in [3.63, 3.8) is 0 Å². The molecule has 24 heavy (non-hydrogen) atoms. The first-order valence-corrected chi connectivity index (χ1v) is 8.39. The zero-order valence-corrected chi connectivity index (χ0v) is 14.1. The number of thiazole rings is 1. The average Bonchev–Trinajstić information content (AvgIpc) is 3.10. The van der Waals surface area contributed by atoms with Crippen LogP contribution in [-0.4, -0.2) is 18.1 Å². The van der Waals surface area contributed by atoms with Gasteiger partial charge in [0.05, 0.1) is 17.9 Å². The lowest BCUT2D eigenvalue weighted by Gasteiger charge is -2.04. The molecule has 4 nitrogen and oxygen atoms in total. The first-order chi connectivity index (χ1) is 11.8. The number of esters is 1. The zero-order chi connectivity index (χ0) is 16.8. The smallest absolute Gasteiger partial charge is 0.338 e. The van der Waals surface area contributed by atoms with Crippen LogP contribution in [0.3, 0.4) is 0 Å². The molecule has 0 amide bonds. The van der Waals surface area contributed by atoms with E-state index in [1.54, 1.807) is 30.6 Å². The zero-order valence-electron chi connectivity index (χ0n) is 13.3. The van der Waals surface area contributed by atoms with E-state index in [9.17, 15) is 4.79 Å². The normalized spacial score (nSPS) is 10.5. The number of methoxy groups -OCH3 is 1. The molecule has 0 fully saturated rings. The predicted molar refractivity (Wildman–Crippen MR) is 93.8 cm³/mol. The number of hydrogen-bond acceptors (Lipinski definition) is 5. The lowest BCUT2D eigenvalue weighted by molar-refractivity contribution is 0.0468. The van der Waals surface area contributed by atoms with Crippen LogP contribution in [0.15, 0.2) is 60.0 Å². The number of rotatable bonds is 6. The largest absolute Gasteiger partial charge is 0.456 e. The highest BCUT2D eigenvalue weighted by atomic mass is 32.1. The summed E-state index contributed by atoms with van der Waals surface area (Å²) in [5.74, 6) is -0.353. The van der Waals surface area contributed by atoms with Crippen LogP contribution in [-0.2, 0) is 22.7 Å². The van der Waals surface area contributed by atoms with Crippen molar-refractivity contribution < 1.29 is 14.3 Å². The molecular weight excluding hydrogens is 322 g/mol. The first kappa shape index (κ1) is 16.4. The number of hydrogen-bond donors (Lipinski definition) is 0. The van der Waals surface area contributed by atoms with Gasteiger partial charge in [0.1, 0.15) is 11.6 Å². The minimum atomic E-state index is -0.353. The van der Waals surface area contributed by atoms with Gasteiger partial charge in [-0.1, -0.05) is 42.5 Å². The fourth-order valence-electron chi connectivity index (χ4n) is 2.21. The van der Waals surface area contributed by atoms with Crippen molar-refractivity contribution in [1.82, 2.24) is 4.98 Å². The fraction of sp³-hybridized carbons (Fsp3) is 0.158. The van der Waals surface area contributed by atoms with Crippen molar-refractivity contribution in [3.05, 3.63) is 76.8 Å². The van der Waals surface area contributed by atoms with Gasteiger partial charge in [-0.3, -0.25) is 0 Å². The molecule has 122 valence electrons. The Labute approximate surface area is 144 Å². The molecular formula is C19H17NO3S. The average molecular weight is 339 g/mol. The van der Waals surface area contributed by atoms with Crippen molar-refractivity contribution in [3.8, 4) is 10.6 Å². The van der Waals surface area contributed by atoms with E-state index < -0.39 is 0 Å². The predicted octanol–water partition coefficient (Wildman–Crippen LogP) is 4.31. The summed E-state index contributed by atoms with van der Waals surface area (Å²) < 4.78 is 10.4. The van der Waals surface area contributed by atoms with E-state index >= 15 is 0 Å². The van der Waals surface area contributed by atoms with Gasteiger partial charge in [0.25, 0.3) is 0 Å². The summed E-state index contributed by atoms with van der Waals surface area (Å²) in [6, 6.07) is 17.1. The third kappa shape index (κ3) is 4.07. The van der Waals surface area contributed by atoms with Gasteiger partial charge in [-0.2, -0.15) is 0 Å². The molecule has 5 heteroatoms. The van der Waals surface area contributed by atoms with E-state index in [0.29, 0.717) is 12.2 Å². The van der Waals surface area contributed by atoms with Gasteiger partial charge in [0.2, 0.25) is 0 Å². The van der Waals surface area contributed by atoms with E-state index in [4.69, 9.17) is 9.47 Å². The maximum absolute atomic E-state index is 12.1. The summed E-state index contributed by atoms with van der Waals surface area (Å²) in [6.07, 6.45) is 0. The highest BCUT2D eigenvalue weighted by Gasteiger charge is 2.10. The number of aromatic nitrogens is 1. The van der Waals surface area contributed by atoms with Crippen molar-refractivity contribution in [2.24, 2.45) is 0 Å². The minimum Gasteiger partial charge on any atom is -0.456 e. The van der Waals surface area contributed by atoms with Crippen LogP contribution in [0.25, 0.3) is 10.6 Å². The molecule has 0 aliphatic heterocycles. The second kappa shape index (κ2) is 7.86. The van der Waals surface area contributed by atoms with Gasteiger partial charge >= 0.3 is 5.97 Å². The Morgan fingerprint density at radius 1 is 1.04 bits per heavy atom. The minimum absolute atomic E-state index is 0.169. The molecule has 0 bridgehead atoms. The topological polar surface area (TPSA) is 48.4 Å². The molecule has 0 saturated carbocycles. The van der Waals surface area contributed by atoms with Crippen LogP contribution >= 0.6 is 11.3 Å². The van der Waals surface area contributed by atoms with Gasteiger partial charge in [-0.15, -0.1) is 11.3 Å². The Morgan fingerprint density at radius 2 is 1.79 bits per heavy atom. The van der Waals surface area contributed by atoms with Crippen LogP contribution < -0.4 is 0 Å². The summed E-state index contributed by atoms with van der Waals surface area (Å²) in [6.45, 7) is 0.693. The van der Waals surface area contributed by atoms with E-state index in [2.05, 4.69) is 4.98 Å². The van der Waals surface area contributed by atoms with Crippen LogP contribution in [0.2, 0.25) is 0 Å². The highest BCUT2D eigenvalue weighted by molar-refractivity contribution is 7.13. The molecule has 0 radical (unpaired) electrons. The highest BCUT2D eigenvalue weighted by Crippen LogP contribution is 2.23. The number of carbonyl (C=O) groups excluding carboxylic acids is 1. The molecule has 0 aliphatic carbocycles. The molecule has 1 heterocycles. The van der Waals surface area contributed by atoms with Crippen molar-refractivity contribution in [2.45, 2.75) is 13.2 Å². The Kier molecular flexibility index (Phi) is 5.36. The number of ether oxygens (including phenoxy) is 2. The van der Waals surface area contributed by atoms with Crippen molar-refractivity contribution >= 4 is 17.3 Å². The maximum Gasteiger partial charge on any atom is 0.338 e. The maximum atomic E-state index is 12.1. The third-order valence-electron chi connectivity index (χ3n) is 3.42. The van der Waals surface area contributed by atoms with Gasteiger partial charge in [0, 0.05) is 18.1 Å². The van der Waals surface area contributed by atoms with Crippen molar-refractivity contribution in [1.29, 1.82) is 0 Å². The first-order valence-electron chi connectivity index (χ1n) is 7.51. The second-order valence-electron chi connectivity index (χ2n) is 5.22. The molecule has 1 aromatic heterocycles. The Morgan fingerprint density at radius 3 is 2.50 bits per heavy atom. The molecule has 0 N–H and O–H groups in total. The van der Waals surface area contributed by atoms with E-state index in [1.165, 1.54) is 0 Å². The molecule has 0 saturated heterocycles. The Balaban J connectivity index is 1.59. The Bertz CT molecular complexity index is 797. The van der Waals surface area contributed by atoms with E-state index in [-0.39, 0.29) is 12.6 Å². The number of benzene rings is 2. The SMILES string of the molecule is COCc1ccc(C(=O)OCc2csc(-c3ccccc3)n2)cc1. The lowest BCUT2D eigenvalue weighted by Crippen LogP contribution is -2.05. The summed E-state index contributed by atoms with van der Waals surface area (Å²) in [5.41, 5.74) is 3.35. The van der Waals surface area contributed by atoms with E-state index in [1.807, 2.05) is 47.8 Å². The van der Waals surface area contributed by atoms with Crippen LogP contribution in [0.4, 0.5) is 0 Å². The molecule has 3 aromatic rings. The quantitative estimate of drug-likeness (QED) is 0.628. The summed E-state index contributed by atoms with van der Waals surface area (Å²) in [4.78, 5) is 16.6. The van der Waals surface area contributed by atoms with Gasteiger partial charge in [-0.05, 0) is 17.7 Å². The van der Waals surface area contributed by atoms with Crippen LogP contribution in [0, 0.1) is 0 Å².